The Hall–Kier alpha value is -3.22. The predicted octanol–water partition coefficient (Wildman–Crippen LogP) is 4.01. The van der Waals surface area contributed by atoms with Gasteiger partial charge in [-0.15, -0.1) is 0 Å². The number of carbonyl (C=O) groups is 3. The van der Waals surface area contributed by atoms with E-state index in [1.807, 2.05) is 13.8 Å². The molecule has 1 aliphatic rings. The Morgan fingerprint density at radius 1 is 1.18 bits per heavy atom. The van der Waals surface area contributed by atoms with Crippen LogP contribution < -0.4 is 15.7 Å². The molecule has 13 heteroatoms. The van der Waals surface area contributed by atoms with E-state index in [2.05, 4.69) is 10.8 Å². The Labute approximate surface area is 231 Å². The number of hydrogen-bond acceptors (Lipinski definition) is 7. The van der Waals surface area contributed by atoms with Crippen LogP contribution in [-0.4, -0.2) is 50.3 Å². The van der Waals surface area contributed by atoms with Crippen LogP contribution in [0.4, 0.5) is 14.9 Å². The lowest BCUT2D eigenvalue weighted by molar-refractivity contribution is -0.120. The fourth-order valence-electron chi connectivity index (χ4n) is 3.68. The maximum absolute atomic E-state index is 15.1. The zero-order valence-corrected chi connectivity index (χ0v) is 23.8. The van der Waals surface area contributed by atoms with Crippen LogP contribution in [0.1, 0.15) is 50.5 Å². The normalized spacial score (nSPS) is 16.9. The van der Waals surface area contributed by atoms with Gasteiger partial charge in [-0.3, -0.25) is 14.4 Å². The first kappa shape index (κ1) is 30.3. The molecule has 0 aromatic heterocycles. The number of hydroxylamine groups is 1. The molecule has 10 nitrogen and oxygen atoms in total. The minimum Gasteiger partial charge on any atom is -0.444 e. The SMILES string of the molecule is CC(C)CONC(=O)c1cc2c(cc1F)S(=O)(=O)C[C@H](NC(=O)OC(C)(C)C)C(=O)N2Cc1ccc(Cl)cc1. The molecule has 3 amide bonds. The third kappa shape index (κ3) is 7.90. The summed E-state index contributed by atoms with van der Waals surface area (Å²) < 4.78 is 47.0. The van der Waals surface area contributed by atoms with Crippen LogP contribution in [0.3, 0.4) is 0 Å². The molecule has 0 unspecified atom stereocenters. The highest BCUT2D eigenvalue weighted by Gasteiger charge is 2.40. The van der Waals surface area contributed by atoms with E-state index in [9.17, 15) is 22.8 Å². The van der Waals surface area contributed by atoms with Crippen molar-refractivity contribution in [2.24, 2.45) is 5.92 Å². The number of fused-ring (bicyclic) bond motifs is 1. The highest BCUT2D eigenvalue weighted by Crippen LogP contribution is 2.34. The molecule has 0 fully saturated rings. The summed E-state index contributed by atoms with van der Waals surface area (Å²) in [6.07, 6.45) is -0.998. The van der Waals surface area contributed by atoms with Crippen LogP contribution in [-0.2, 0) is 30.8 Å². The Bertz CT molecular complexity index is 1360. The average Bonchev–Trinajstić information content (AvgIpc) is 2.87. The second-order valence-electron chi connectivity index (χ2n) is 10.5. The van der Waals surface area contributed by atoms with Gasteiger partial charge in [-0.05, 0) is 56.5 Å². The number of sulfone groups is 1. The third-order valence-corrected chi connectivity index (χ3v) is 7.42. The fraction of sp³-hybridized carbons (Fsp3) is 0.423. The van der Waals surface area contributed by atoms with Gasteiger partial charge < -0.3 is 15.0 Å². The Morgan fingerprint density at radius 2 is 1.82 bits per heavy atom. The molecule has 39 heavy (non-hydrogen) atoms. The van der Waals surface area contributed by atoms with E-state index in [4.69, 9.17) is 21.2 Å². The molecule has 0 aliphatic carbocycles. The fourth-order valence-corrected chi connectivity index (χ4v) is 5.42. The Morgan fingerprint density at radius 3 is 2.41 bits per heavy atom. The number of amides is 3. The maximum Gasteiger partial charge on any atom is 0.408 e. The topological polar surface area (TPSA) is 131 Å². The number of alkyl carbamates (subject to hydrolysis) is 1. The quantitative estimate of drug-likeness (QED) is 0.471. The predicted molar refractivity (Wildman–Crippen MR) is 143 cm³/mol. The van der Waals surface area contributed by atoms with E-state index in [0.29, 0.717) is 16.7 Å². The van der Waals surface area contributed by atoms with E-state index in [1.54, 1.807) is 45.0 Å². The molecule has 212 valence electrons. The van der Waals surface area contributed by atoms with Crippen LogP contribution >= 0.6 is 11.6 Å². The molecular weight excluding hydrogens is 553 g/mol. The first-order valence-corrected chi connectivity index (χ1v) is 14.1. The number of nitrogens with zero attached hydrogens (tertiary/aromatic N) is 1. The summed E-state index contributed by atoms with van der Waals surface area (Å²) in [4.78, 5) is 44.6. The van der Waals surface area contributed by atoms with E-state index in [-0.39, 0.29) is 24.8 Å². The zero-order chi connectivity index (χ0) is 29.1. The molecule has 2 aromatic carbocycles. The van der Waals surface area contributed by atoms with Gasteiger partial charge in [0.05, 0.1) is 35.1 Å². The summed E-state index contributed by atoms with van der Waals surface area (Å²) in [6, 6.07) is 6.55. The largest absolute Gasteiger partial charge is 0.444 e. The summed E-state index contributed by atoms with van der Waals surface area (Å²) >= 11 is 5.98. The number of benzene rings is 2. The van der Waals surface area contributed by atoms with Crippen LogP contribution in [0.25, 0.3) is 0 Å². The van der Waals surface area contributed by atoms with Gasteiger partial charge in [0.1, 0.15) is 17.5 Å². The number of anilines is 1. The molecule has 1 heterocycles. The van der Waals surface area contributed by atoms with Gasteiger partial charge in [-0.2, -0.15) is 0 Å². The first-order chi connectivity index (χ1) is 18.1. The van der Waals surface area contributed by atoms with E-state index < -0.39 is 61.4 Å². The van der Waals surface area contributed by atoms with Gasteiger partial charge in [0, 0.05) is 5.02 Å². The van der Waals surface area contributed by atoms with Crippen molar-refractivity contribution in [3.05, 3.63) is 58.4 Å². The maximum atomic E-state index is 15.1. The molecular formula is C26H31ClFN3O7S. The van der Waals surface area contributed by atoms with Crippen molar-refractivity contribution < 1.29 is 36.8 Å². The van der Waals surface area contributed by atoms with Gasteiger partial charge in [0.15, 0.2) is 9.84 Å². The van der Waals surface area contributed by atoms with Gasteiger partial charge in [0.2, 0.25) is 0 Å². The molecule has 1 atom stereocenters. The van der Waals surface area contributed by atoms with Gasteiger partial charge in [0.25, 0.3) is 11.8 Å². The minimum absolute atomic E-state index is 0.0780. The lowest BCUT2D eigenvalue weighted by Crippen LogP contribution is -2.51. The standard InChI is InChI=1S/C26H31ClFN3O7S/c1-15(2)13-37-30-23(32)18-10-21-22(11-19(18)28)39(35,36)14-20(29-25(34)38-26(3,4)5)24(33)31(21)12-16-6-8-17(27)9-7-16/h6-11,15,20H,12-14H2,1-5H3,(H,29,34)(H,30,32)/t20-/m0/s1. The lowest BCUT2D eigenvalue weighted by Gasteiger charge is -2.27. The van der Waals surface area contributed by atoms with Crippen molar-refractivity contribution in [3.8, 4) is 0 Å². The number of nitrogens with one attached hydrogen (secondary N) is 2. The molecule has 0 spiro atoms. The average molecular weight is 584 g/mol. The van der Waals surface area contributed by atoms with E-state index in [1.165, 1.54) is 0 Å². The van der Waals surface area contributed by atoms with Crippen molar-refractivity contribution in [3.63, 3.8) is 0 Å². The molecule has 0 saturated carbocycles. The number of rotatable bonds is 7. The highest BCUT2D eigenvalue weighted by atomic mass is 35.5. The summed E-state index contributed by atoms with van der Waals surface area (Å²) in [5.41, 5.74) is 1.03. The minimum atomic E-state index is -4.33. The molecule has 2 aromatic rings. The molecule has 0 radical (unpaired) electrons. The summed E-state index contributed by atoms with van der Waals surface area (Å²) in [7, 11) is -4.33. The van der Waals surface area contributed by atoms with Crippen LogP contribution in [0.5, 0.6) is 0 Å². The van der Waals surface area contributed by atoms with Crippen molar-refractivity contribution in [1.29, 1.82) is 0 Å². The van der Waals surface area contributed by atoms with Crippen molar-refractivity contribution in [1.82, 2.24) is 10.8 Å². The summed E-state index contributed by atoms with van der Waals surface area (Å²) in [5, 5.41) is 2.77. The monoisotopic (exact) mass is 583 g/mol. The number of carbonyl (C=O) groups excluding carboxylic acids is 3. The molecule has 0 bridgehead atoms. The highest BCUT2D eigenvalue weighted by molar-refractivity contribution is 7.91. The lowest BCUT2D eigenvalue weighted by atomic mass is 10.1. The Kier molecular flexibility index (Phi) is 9.24. The summed E-state index contributed by atoms with van der Waals surface area (Å²) in [5.74, 6) is -3.65. The molecule has 3 rings (SSSR count). The van der Waals surface area contributed by atoms with Gasteiger partial charge in [-0.1, -0.05) is 37.6 Å². The molecule has 0 saturated heterocycles. The number of ether oxygens (including phenoxy) is 1. The van der Waals surface area contributed by atoms with Crippen LogP contribution in [0, 0.1) is 11.7 Å². The van der Waals surface area contributed by atoms with Crippen molar-refractivity contribution >= 4 is 45.0 Å². The van der Waals surface area contributed by atoms with Crippen LogP contribution in [0.2, 0.25) is 5.02 Å². The van der Waals surface area contributed by atoms with E-state index >= 15 is 4.39 Å². The second kappa shape index (κ2) is 11.9. The molecule has 1 aliphatic heterocycles. The third-order valence-electron chi connectivity index (χ3n) is 5.40. The van der Waals surface area contributed by atoms with Crippen molar-refractivity contribution in [2.45, 2.75) is 57.7 Å². The second-order valence-corrected chi connectivity index (χ2v) is 12.9. The zero-order valence-electron chi connectivity index (χ0n) is 22.2. The number of halogens is 2. The van der Waals surface area contributed by atoms with E-state index in [0.717, 1.165) is 11.0 Å². The van der Waals surface area contributed by atoms with Crippen LogP contribution in [0.15, 0.2) is 41.3 Å². The Balaban J connectivity index is 2.09. The number of hydrogen-bond donors (Lipinski definition) is 2. The van der Waals surface area contributed by atoms with Gasteiger partial charge >= 0.3 is 6.09 Å². The van der Waals surface area contributed by atoms with Crippen molar-refractivity contribution in [2.75, 3.05) is 17.3 Å². The smallest absolute Gasteiger partial charge is 0.408 e. The summed E-state index contributed by atoms with van der Waals surface area (Å²) in [6.45, 7) is 8.53. The molecule has 2 N–H and O–H groups in total. The first-order valence-electron chi connectivity index (χ1n) is 12.1. The van der Waals surface area contributed by atoms with Gasteiger partial charge in [-0.25, -0.2) is 23.1 Å².